The number of aliphatic hydroxyl groups is 4. The van der Waals surface area contributed by atoms with Crippen molar-refractivity contribution in [3.63, 3.8) is 0 Å². The summed E-state index contributed by atoms with van der Waals surface area (Å²) in [6.07, 6.45) is 16.7. The zero-order valence-corrected chi connectivity index (χ0v) is 18.3. The molecule has 0 amide bonds. The number of hydrogen-bond donors (Lipinski definition) is 4. The first kappa shape index (κ1) is 25.8. The van der Waals surface area contributed by atoms with Crippen molar-refractivity contribution in [2.75, 3.05) is 19.7 Å². The number of unbranched alkanes of at least 4 members (excludes halogenated alkanes) is 14. The van der Waals surface area contributed by atoms with Crippen LogP contribution >= 0.6 is 0 Å². The molecular formula is C23H47NO4. The van der Waals surface area contributed by atoms with Crippen molar-refractivity contribution in [3.05, 3.63) is 0 Å². The van der Waals surface area contributed by atoms with E-state index in [1.54, 1.807) is 0 Å². The lowest BCUT2D eigenvalue weighted by Crippen LogP contribution is -2.62. The minimum atomic E-state index is -1.16. The Bertz CT molecular complexity index is 355. The first-order valence-electron chi connectivity index (χ1n) is 12.0. The standard InChI is InChI=1S/C23H47NO4/c1-2-3-4-5-6-7-8-9-10-11-12-13-14-15-16-17-24-18-21(26)23(28)22(27)20(24)19-25/h20-23,25-28H,2-19H2,1H3/t20-,21+,22-,23-/m1/s1. The van der Waals surface area contributed by atoms with Crippen molar-refractivity contribution in [3.8, 4) is 0 Å². The molecule has 168 valence electrons. The monoisotopic (exact) mass is 401 g/mol. The number of hydrogen-bond acceptors (Lipinski definition) is 5. The van der Waals surface area contributed by atoms with E-state index in [1.165, 1.54) is 83.5 Å². The van der Waals surface area contributed by atoms with Crippen LogP contribution in [-0.2, 0) is 0 Å². The van der Waals surface area contributed by atoms with Crippen molar-refractivity contribution in [2.45, 2.75) is 128 Å². The van der Waals surface area contributed by atoms with Crippen LogP contribution < -0.4 is 0 Å². The molecule has 1 heterocycles. The van der Waals surface area contributed by atoms with Gasteiger partial charge >= 0.3 is 0 Å². The second-order valence-corrected chi connectivity index (χ2v) is 8.74. The van der Waals surface area contributed by atoms with Crippen LogP contribution in [-0.4, -0.2) is 69.4 Å². The lowest BCUT2D eigenvalue weighted by molar-refractivity contribution is -0.145. The van der Waals surface area contributed by atoms with E-state index in [1.807, 2.05) is 4.90 Å². The van der Waals surface area contributed by atoms with E-state index in [-0.39, 0.29) is 6.61 Å². The summed E-state index contributed by atoms with van der Waals surface area (Å²) in [7, 11) is 0. The van der Waals surface area contributed by atoms with E-state index < -0.39 is 24.4 Å². The molecule has 0 aromatic rings. The van der Waals surface area contributed by atoms with E-state index in [0.717, 1.165) is 19.4 Å². The molecule has 1 rings (SSSR count). The highest BCUT2D eigenvalue weighted by Crippen LogP contribution is 2.20. The van der Waals surface area contributed by atoms with Crippen molar-refractivity contribution in [2.24, 2.45) is 0 Å². The zero-order valence-electron chi connectivity index (χ0n) is 18.3. The van der Waals surface area contributed by atoms with Gasteiger partial charge in [-0.1, -0.05) is 96.8 Å². The van der Waals surface area contributed by atoms with Gasteiger partial charge in [0.15, 0.2) is 0 Å². The van der Waals surface area contributed by atoms with Crippen molar-refractivity contribution >= 4 is 0 Å². The summed E-state index contributed by atoms with van der Waals surface area (Å²) in [6.45, 7) is 3.15. The normalized spacial score (nSPS) is 26.0. The Kier molecular flexibility index (Phi) is 15.3. The Morgan fingerprint density at radius 2 is 1.07 bits per heavy atom. The Labute approximate surface area is 173 Å². The molecular weight excluding hydrogens is 354 g/mol. The Morgan fingerprint density at radius 3 is 1.50 bits per heavy atom. The second-order valence-electron chi connectivity index (χ2n) is 8.74. The van der Waals surface area contributed by atoms with Crippen LogP contribution in [0.2, 0.25) is 0 Å². The highest BCUT2D eigenvalue weighted by molar-refractivity contribution is 4.93. The number of likely N-dealkylation sites (tertiary alicyclic amines) is 1. The Morgan fingerprint density at radius 1 is 0.643 bits per heavy atom. The SMILES string of the molecule is CCCCCCCCCCCCCCCCCN1C[C@H](O)[C@@H](O)[C@H](O)[C@H]1CO. The summed E-state index contributed by atoms with van der Waals surface area (Å²) in [5, 5.41) is 39.0. The quantitative estimate of drug-likeness (QED) is 0.280. The van der Waals surface area contributed by atoms with Crippen LogP contribution in [0.15, 0.2) is 0 Å². The van der Waals surface area contributed by atoms with Crippen LogP contribution in [0.1, 0.15) is 103 Å². The van der Waals surface area contributed by atoms with Crippen molar-refractivity contribution in [1.29, 1.82) is 0 Å². The van der Waals surface area contributed by atoms with Gasteiger partial charge in [-0.05, 0) is 13.0 Å². The first-order valence-corrected chi connectivity index (χ1v) is 12.0. The number of piperidine rings is 1. The number of β-amino-alcohol motifs (C(OH)–C–C–N with tert-alkyl or cyclic N) is 1. The molecule has 1 aliphatic heterocycles. The number of aliphatic hydroxyl groups excluding tert-OH is 4. The number of nitrogens with zero attached hydrogens (tertiary/aromatic N) is 1. The predicted octanol–water partition coefficient (Wildman–Crippen LogP) is 3.62. The molecule has 0 radical (unpaired) electrons. The van der Waals surface area contributed by atoms with Gasteiger partial charge in [-0.25, -0.2) is 0 Å². The van der Waals surface area contributed by atoms with Crippen LogP contribution in [0.3, 0.4) is 0 Å². The van der Waals surface area contributed by atoms with E-state index in [9.17, 15) is 20.4 Å². The summed E-state index contributed by atoms with van der Waals surface area (Å²) in [6, 6.07) is -0.468. The van der Waals surface area contributed by atoms with Gasteiger partial charge in [0.25, 0.3) is 0 Å². The molecule has 4 N–H and O–H groups in total. The average molecular weight is 402 g/mol. The van der Waals surface area contributed by atoms with Crippen LogP contribution in [0.4, 0.5) is 0 Å². The molecule has 1 aliphatic rings. The Balaban J connectivity index is 1.91. The molecule has 1 saturated heterocycles. The predicted molar refractivity (Wildman–Crippen MR) is 115 cm³/mol. The fraction of sp³-hybridized carbons (Fsp3) is 1.00. The third-order valence-corrected chi connectivity index (χ3v) is 6.26. The maximum Gasteiger partial charge on any atom is 0.109 e. The van der Waals surface area contributed by atoms with Gasteiger partial charge < -0.3 is 20.4 Å². The highest BCUT2D eigenvalue weighted by Gasteiger charge is 2.40. The van der Waals surface area contributed by atoms with Gasteiger partial charge in [0.1, 0.15) is 12.2 Å². The van der Waals surface area contributed by atoms with Gasteiger partial charge in [0, 0.05) is 6.54 Å². The van der Waals surface area contributed by atoms with Crippen LogP contribution in [0, 0.1) is 0 Å². The summed E-state index contributed by atoms with van der Waals surface area (Å²) >= 11 is 0. The highest BCUT2D eigenvalue weighted by atomic mass is 16.4. The molecule has 28 heavy (non-hydrogen) atoms. The summed E-state index contributed by atoms with van der Waals surface area (Å²) in [5.41, 5.74) is 0. The summed E-state index contributed by atoms with van der Waals surface area (Å²) in [5.74, 6) is 0. The molecule has 5 heteroatoms. The molecule has 0 saturated carbocycles. The van der Waals surface area contributed by atoms with Gasteiger partial charge in [0.2, 0.25) is 0 Å². The largest absolute Gasteiger partial charge is 0.395 e. The van der Waals surface area contributed by atoms with Crippen molar-refractivity contribution in [1.82, 2.24) is 4.90 Å². The van der Waals surface area contributed by atoms with Crippen molar-refractivity contribution < 1.29 is 20.4 Å². The van der Waals surface area contributed by atoms with E-state index in [4.69, 9.17) is 0 Å². The molecule has 0 bridgehead atoms. The minimum absolute atomic E-state index is 0.191. The molecule has 0 aromatic heterocycles. The fourth-order valence-electron chi connectivity index (χ4n) is 4.32. The van der Waals surface area contributed by atoms with E-state index in [0.29, 0.717) is 6.54 Å². The smallest absolute Gasteiger partial charge is 0.109 e. The van der Waals surface area contributed by atoms with E-state index >= 15 is 0 Å². The molecule has 0 spiro atoms. The maximum atomic E-state index is 9.99. The van der Waals surface area contributed by atoms with Gasteiger partial charge in [0.05, 0.1) is 18.8 Å². The fourth-order valence-corrected chi connectivity index (χ4v) is 4.32. The van der Waals surface area contributed by atoms with E-state index in [2.05, 4.69) is 6.92 Å². The maximum absolute atomic E-state index is 9.99. The molecule has 0 aliphatic carbocycles. The Hall–Kier alpha value is -0.200. The third kappa shape index (κ3) is 10.5. The van der Waals surface area contributed by atoms with Crippen LogP contribution in [0.25, 0.3) is 0 Å². The first-order chi connectivity index (χ1) is 13.6. The summed E-state index contributed by atoms with van der Waals surface area (Å²) < 4.78 is 0. The molecule has 4 atom stereocenters. The lowest BCUT2D eigenvalue weighted by Gasteiger charge is -2.43. The molecule has 1 fully saturated rings. The average Bonchev–Trinajstić information content (AvgIpc) is 2.69. The summed E-state index contributed by atoms with van der Waals surface area (Å²) in [4.78, 5) is 1.92. The van der Waals surface area contributed by atoms with Gasteiger partial charge in [-0.3, -0.25) is 4.90 Å². The van der Waals surface area contributed by atoms with Gasteiger partial charge in [-0.15, -0.1) is 0 Å². The molecule has 5 nitrogen and oxygen atoms in total. The molecule has 0 aromatic carbocycles. The van der Waals surface area contributed by atoms with Crippen LogP contribution in [0.5, 0.6) is 0 Å². The third-order valence-electron chi connectivity index (χ3n) is 6.26. The minimum Gasteiger partial charge on any atom is -0.395 e. The van der Waals surface area contributed by atoms with Gasteiger partial charge in [-0.2, -0.15) is 0 Å². The second kappa shape index (κ2) is 16.6. The number of rotatable bonds is 17. The topological polar surface area (TPSA) is 84.2 Å². The zero-order chi connectivity index (χ0) is 20.6. The molecule has 0 unspecified atom stereocenters. The lowest BCUT2D eigenvalue weighted by atomic mass is 9.94.